The molecule has 0 aliphatic heterocycles. The van der Waals surface area contributed by atoms with Crippen molar-refractivity contribution < 1.29 is 17.7 Å². The number of halogens is 3. The Morgan fingerprint density at radius 1 is 1.38 bits per heavy atom. The van der Waals surface area contributed by atoms with E-state index in [0.717, 1.165) is 5.56 Å². The average Bonchev–Trinajstić information content (AvgIpc) is 2.48. The van der Waals surface area contributed by atoms with Crippen LogP contribution in [0.5, 0.6) is 0 Å². The molecule has 3 nitrogen and oxygen atoms in total. The molecule has 1 N–H and O–H groups in total. The summed E-state index contributed by atoms with van der Waals surface area (Å²) in [6.07, 6.45) is -3.65. The van der Waals surface area contributed by atoms with Gasteiger partial charge in [0.25, 0.3) is 0 Å². The van der Waals surface area contributed by atoms with Crippen molar-refractivity contribution in [3.05, 3.63) is 17.0 Å². The number of nitrogens with zero attached hydrogens (tertiary/aromatic N) is 1. The lowest BCUT2D eigenvalue weighted by Gasteiger charge is -2.18. The van der Waals surface area contributed by atoms with Crippen LogP contribution in [0.2, 0.25) is 0 Å². The lowest BCUT2D eigenvalue weighted by molar-refractivity contribution is -0.126. The first kappa shape index (κ1) is 13.0. The highest BCUT2D eigenvalue weighted by molar-refractivity contribution is 5.24. The molecule has 16 heavy (non-hydrogen) atoms. The zero-order valence-corrected chi connectivity index (χ0v) is 9.48. The summed E-state index contributed by atoms with van der Waals surface area (Å²) in [6, 6.07) is -0.368. The van der Waals surface area contributed by atoms with Crippen LogP contribution in [-0.2, 0) is 0 Å². The molecule has 0 fully saturated rings. The van der Waals surface area contributed by atoms with Crippen LogP contribution in [0.3, 0.4) is 0 Å². The van der Waals surface area contributed by atoms with E-state index < -0.39 is 12.7 Å². The molecule has 0 saturated carbocycles. The summed E-state index contributed by atoms with van der Waals surface area (Å²) in [5.74, 6) is 0.569. The quantitative estimate of drug-likeness (QED) is 0.873. The molecule has 1 heterocycles. The maximum atomic E-state index is 12.1. The number of rotatable bonds is 4. The molecule has 0 unspecified atom stereocenters. The molecule has 0 aliphatic carbocycles. The topological polar surface area (TPSA) is 38.1 Å². The average molecular weight is 236 g/mol. The number of aromatic nitrogens is 1. The van der Waals surface area contributed by atoms with Gasteiger partial charge in [-0.1, -0.05) is 12.1 Å². The van der Waals surface area contributed by atoms with Gasteiger partial charge in [-0.3, -0.25) is 0 Å². The second-order valence-corrected chi connectivity index (χ2v) is 3.69. The number of aryl methyl sites for hydroxylation is 2. The van der Waals surface area contributed by atoms with Crippen molar-refractivity contribution in [1.82, 2.24) is 10.5 Å². The van der Waals surface area contributed by atoms with Gasteiger partial charge in [0.15, 0.2) is 0 Å². The van der Waals surface area contributed by atoms with E-state index in [1.807, 2.05) is 6.92 Å². The standard InChI is InChI=1S/C10H15F3N2O/c1-4-8(14-5-10(11,12)13)9-6(2)15-16-7(9)3/h8,14H,4-5H2,1-3H3/t8-/m0/s1. The van der Waals surface area contributed by atoms with Gasteiger partial charge < -0.3 is 9.84 Å². The molecule has 1 rings (SSSR count). The van der Waals surface area contributed by atoms with Gasteiger partial charge >= 0.3 is 6.18 Å². The molecule has 0 amide bonds. The molecule has 1 atom stereocenters. The highest BCUT2D eigenvalue weighted by Crippen LogP contribution is 2.25. The predicted molar refractivity (Wildman–Crippen MR) is 53.1 cm³/mol. The SMILES string of the molecule is CC[C@H](NCC(F)(F)F)c1c(C)noc1C. The highest BCUT2D eigenvalue weighted by atomic mass is 19.4. The zero-order chi connectivity index (χ0) is 12.3. The second-order valence-electron chi connectivity index (χ2n) is 3.69. The summed E-state index contributed by atoms with van der Waals surface area (Å²) in [6.45, 7) is 4.24. The Hall–Kier alpha value is -1.04. The smallest absolute Gasteiger partial charge is 0.361 e. The van der Waals surface area contributed by atoms with E-state index in [-0.39, 0.29) is 6.04 Å². The lowest BCUT2D eigenvalue weighted by atomic mass is 10.0. The summed E-state index contributed by atoms with van der Waals surface area (Å²) >= 11 is 0. The molecule has 0 spiro atoms. The van der Waals surface area contributed by atoms with E-state index in [4.69, 9.17) is 4.52 Å². The largest absolute Gasteiger partial charge is 0.401 e. The fraction of sp³-hybridized carbons (Fsp3) is 0.700. The van der Waals surface area contributed by atoms with E-state index in [1.165, 1.54) is 0 Å². The van der Waals surface area contributed by atoms with Gasteiger partial charge in [0.2, 0.25) is 0 Å². The molecule has 0 saturated heterocycles. The van der Waals surface area contributed by atoms with Crippen molar-refractivity contribution >= 4 is 0 Å². The predicted octanol–water partition coefficient (Wildman–Crippen LogP) is 2.89. The van der Waals surface area contributed by atoms with Crippen LogP contribution in [0, 0.1) is 13.8 Å². The van der Waals surface area contributed by atoms with Crippen LogP contribution in [0.1, 0.15) is 36.4 Å². The Labute approximate surface area is 92.0 Å². The number of nitrogens with one attached hydrogen (secondary N) is 1. The molecule has 1 aromatic heterocycles. The molecular weight excluding hydrogens is 221 g/mol. The Balaban J connectivity index is 2.75. The third kappa shape index (κ3) is 3.23. The maximum absolute atomic E-state index is 12.1. The lowest BCUT2D eigenvalue weighted by Crippen LogP contribution is -2.32. The van der Waals surface area contributed by atoms with Crippen LogP contribution in [0.15, 0.2) is 4.52 Å². The molecule has 6 heteroatoms. The van der Waals surface area contributed by atoms with Gasteiger partial charge in [0, 0.05) is 11.6 Å². The van der Waals surface area contributed by atoms with E-state index in [2.05, 4.69) is 10.5 Å². The van der Waals surface area contributed by atoms with Crippen molar-refractivity contribution in [1.29, 1.82) is 0 Å². The van der Waals surface area contributed by atoms with Crippen molar-refractivity contribution in [2.45, 2.75) is 39.4 Å². The van der Waals surface area contributed by atoms with E-state index in [0.29, 0.717) is 17.9 Å². The van der Waals surface area contributed by atoms with Gasteiger partial charge in [0.1, 0.15) is 5.76 Å². The normalized spacial score (nSPS) is 14.1. The van der Waals surface area contributed by atoms with Crippen LogP contribution >= 0.6 is 0 Å². The van der Waals surface area contributed by atoms with Gasteiger partial charge in [0.05, 0.1) is 12.2 Å². The molecule has 0 radical (unpaired) electrons. The van der Waals surface area contributed by atoms with Gasteiger partial charge in [-0.2, -0.15) is 13.2 Å². The van der Waals surface area contributed by atoms with E-state index in [9.17, 15) is 13.2 Å². The van der Waals surface area contributed by atoms with Crippen LogP contribution in [0.25, 0.3) is 0 Å². The van der Waals surface area contributed by atoms with Crippen molar-refractivity contribution in [3.8, 4) is 0 Å². The summed E-state index contributed by atoms with van der Waals surface area (Å²) < 4.78 is 41.2. The first-order valence-electron chi connectivity index (χ1n) is 5.08. The Bertz CT molecular complexity index is 327. The molecule has 0 aromatic carbocycles. The van der Waals surface area contributed by atoms with E-state index >= 15 is 0 Å². The first-order valence-corrected chi connectivity index (χ1v) is 5.08. The van der Waals surface area contributed by atoms with Crippen LogP contribution < -0.4 is 5.32 Å². The zero-order valence-electron chi connectivity index (χ0n) is 9.48. The van der Waals surface area contributed by atoms with Crippen LogP contribution in [-0.4, -0.2) is 17.9 Å². The molecule has 0 aliphatic rings. The van der Waals surface area contributed by atoms with Crippen molar-refractivity contribution in [3.63, 3.8) is 0 Å². The summed E-state index contributed by atoms with van der Waals surface area (Å²) in [5.41, 5.74) is 1.37. The minimum Gasteiger partial charge on any atom is -0.361 e. The van der Waals surface area contributed by atoms with Gasteiger partial charge in [-0.25, -0.2) is 0 Å². The second kappa shape index (κ2) is 4.86. The molecule has 0 bridgehead atoms. The molecule has 1 aromatic rings. The minimum absolute atomic E-state index is 0.368. The Kier molecular flexibility index (Phi) is 3.96. The summed E-state index contributed by atoms with van der Waals surface area (Å²) in [7, 11) is 0. The summed E-state index contributed by atoms with van der Waals surface area (Å²) in [4.78, 5) is 0. The minimum atomic E-state index is -4.20. The maximum Gasteiger partial charge on any atom is 0.401 e. The summed E-state index contributed by atoms with van der Waals surface area (Å²) in [5, 5.41) is 6.20. The van der Waals surface area contributed by atoms with Gasteiger partial charge in [-0.05, 0) is 20.3 Å². The number of hydrogen-bond acceptors (Lipinski definition) is 3. The first-order chi connectivity index (χ1) is 7.35. The van der Waals surface area contributed by atoms with Gasteiger partial charge in [-0.15, -0.1) is 0 Å². The molecule has 92 valence electrons. The monoisotopic (exact) mass is 236 g/mol. The fourth-order valence-corrected chi connectivity index (χ4v) is 1.68. The third-order valence-corrected chi connectivity index (χ3v) is 2.39. The number of alkyl halides is 3. The highest BCUT2D eigenvalue weighted by Gasteiger charge is 2.29. The van der Waals surface area contributed by atoms with E-state index in [1.54, 1.807) is 13.8 Å². The van der Waals surface area contributed by atoms with Crippen LogP contribution in [0.4, 0.5) is 13.2 Å². The third-order valence-electron chi connectivity index (χ3n) is 2.39. The number of hydrogen-bond donors (Lipinski definition) is 1. The molecular formula is C10H15F3N2O. The van der Waals surface area contributed by atoms with Crippen molar-refractivity contribution in [2.75, 3.05) is 6.54 Å². The Morgan fingerprint density at radius 3 is 2.38 bits per heavy atom. The fourth-order valence-electron chi connectivity index (χ4n) is 1.68. The Morgan fingerprint density at radius 2 is 2.00 bits per heavy atom. The van der Waals surface area contributed by atoms with Crippen molar-refractivity contribution in [2.24, 2.45) is 0 Å².